The van der Waals surface area contributed by atoms with Crippen LogP contribution in [0.25, 0.3) is 5.65 Å². The molecule has 0 atom stereocenters. The maximum absolute atomic E-state index is 13.2. The summed E-state index contributed by atoms with van der Waals surface area (Å²) in [6, 6.07) is 3.50. The van der Waals surface area contributed by atoms with Gasteiger partial charge in [-0.25, -0.2) is 4.98 Å². The van der Waals surface area contributed by atoms with Gasteiger partial charge in [-0.05, 0) is 24.4 Å². The highest BCUT2D eigenvalue weighted by molar-refractivity contribution is 7.09. The Bertz CT molecular complexity index is 988. The molecule has 0 aliphatic rings. The van der Waals surface area contributed by atoms with Crippen LogP contribution in [0.3, 0.4) is 0 Å². The Kier molecular flexibility index (Phi) is 4.66. The van der Waals surface area contributed by atoms with Crippen molar-refractivity contribution in [1.29, 1.82) is 0 Å². The van der Waals surface area contributed by atoms with E-state index in [1.165, 1.54) is 18.3 Å². The summed E-state index contributed by atoms with van der Waals surface area (Å²) < 4.78 is 79.3. The number of nitrogens with zero attached hydrogens (tertiary/aromatic N) is 2. The highest BCUT2D eigenvalue weighted by Crippen LogP contribution is 2.38. The number of pyridine rings is 1. The molecule has 0 aliphatic carbocycles. The third-order valence-electron chi connectivity index (χ3n) is 3.81. The minimum absolute atomic E-state index is 0.00485. The first-order chi connectivity index (χ1) is 12.5. The van der Waals surface area contributed by atoms with Gasteiger partial charge in [0.2, 0.25) is 0 Å². The lowest BCUT2D eigenvalue weighted by atomic mass is 10.2. The molecular formula is C16H11F6N3OS. The predicted molar refractivity (Wildman–Crippen MR) is 85.4 cm³/mol. The van der Waals surface area contributed by atoms with Gasteiger partial charge in [-0.15, -0.1) is 11.3 Å². The van der Waals surface area contributed by atoms with Crippen LogP contribution < -0.4 is 5.32 Å². The maximum atomic E-state index is 13.2. The highest BCUT2D eigenvalue weighted by Gasteiger charge is 2.40. The third-order valence-corrected chi connectivity index (χ3v) is 4.69. The van der Waals surface area contributed by atoms with E-state index >= 15 is 0 Å². The number of nitrogens with one attached hydrogen (secondary N) is 1. The summed E-state index contributed by atoms with van der Waals surface area (Å²) >= 11 is 1.37. The van der Waals surface area contributed by atoms with Crippen molar-refractivity contribution in [3.8, 4) is 0 Å². The number of hydrogen-bond donors (Lipinski definition) is 1. The van der Waals surface area contributed by atoms with E-state index in [1.807, 2.05) is 0 Å². The molecule has 3 aromatic heterocycles. The van der Waals surface area contributed by atoms with Crippen LogP contribution in [0.15, 0.2) is 29.8 Å². The summed E-state index contributed by atoms with van der Waals surface area (Å²) in [6.45, 7) is 1.37. The number of halogens is 6. The van der Waals surface area contributed by atoms with Crippen LogP contribution in [-0.2, 0) is 18.9 Å². The predicted octanol–water partition coefficient (Wildman–Crippen LogP) is 4.67. The van der Waals surface area contributed by atoms with Gasteiger partial charge in [-0.3, -0.25) is 4.79 Å². The summed E-state index contributed by atoms with van der Waals surface area (Å²) in [6.07, 6.45) is -9.54. The molecule has 3 aromatic rings. The topological polar surface area (TPSA) is 46.4 Å². The van der Waals surface area contributed by atoms with Gasteiger partial charge in [0, 0.05) is 11.1 Å². The number of thiophene rings is 1. The average Bonchev–Trinajstić information content (AvgIpc) is 3.18. The molecule has 11 heteroatoms. The quantitative estimate of drug-likeness (QED) is 0.642. The molecule has 0 radical (unpaired) electrons. The Hall–Kier alpha value is -2.56. The Balaban J connectivity index is 2.08. The largest absolute Gasteiger partial charge is 0.419 e. The number of rotatable bonds is 3. The first kappa shape index (κ1) is 19.2. The summed E-state index contributed by atoms with van der Waals surface area (Å²) in [5, 5.41) is 4.28. The van der Waals surface area contributed by atoms with Gasteiger partial charge in [0.25, 0.3) is 5.91 Å². The van der Waals surface area contributed by atoms with Crippen LogP contribution in [0, 0.1) is 6.92 Å². The van der Waals surface area contributed by atoms with Gasteiger partial charge in [0.1, 0.15) is 11.3 Å². The first-order valence-electron chi connectivity index (χ1n) is 7.46. The van der Waals surface area contributed by atoms with Crippen molar-refractivity contribution in [2.45, 2.75) is 25.8 Å². The third kappa shape index (κ3) is 3.77. The maximum Gasteiger partial charge on any atom is 0.419 e. The Labute approximate surface area is 152 Å². The van der Waals surface area contributed by atoms with Gasteiger partial charge >= 0.3 is 12.4 Å². The summed E-state index contributed by atoms with van der Waals surface area (Å²) in [7, 11) is 0. The average molecular weight is 407 g/mol. The Morgan fingerprint density at radius 3 is 2.48 bits per heavy atom. The summed E-state index contributed by atoms with van der Waals surface area (Å²) in [4.78, 5) is 16.8. The van der Waals surface area contributed by atoms with Gasteiger partial charge < -0.3 is 9.72 Å². The molecule has 0 aromatic carbocycles. The van der Waals surface area contributed by atoms with Crippen molar-refractivity contribution in [3.63, 3.8) is 0 Å². The molecule has 0 fully saturated rings. The van der Waals surface area contributed by atoms with E-state index < -0.39 is 35.0 Å². The van der Waals surface area contributed by atoms with Crippen molar-refractivity contribution >= 4 is 22.9 Å². The molecule has 0 bridgehead atoms. The smallest absolute Gasteiger partial charge is 0.346 e. The van der Waals surface area contributed by atoms with Crippen LogP contribution in [-0.4, -0.2) is 15.3 Å². The van der Waals surface area contributed by atoms with E-state index in [9.17, 15) is 31.1 Å². The summed E-state index contributed by atoms with van der Waals surface area (Å²) in [5.74, 6) is -0.772. The van der Waals surface area contributed by atoms with Gasteiger partial charge in [-0.2, -0.15) is 26.3 Å². The van der Waals surface area contributed by atoms with Gasteiger partial charge in [0.05, 0.1) is 23.4 Å². The molecular weight excluding hydrogens is 396 g/mol. The molecule has 3 rings (SSSR count). The lowest BCUT2D eigenvalue weighted by Gasteiger charge is -2.13. The molecule has 0 aliphatic heterocycles. The monoisotopic (exact) mass is 407 g/mol. The number of carbonyl (C=O) groups is 1. The van der Waals surface area contributed by atoms with E-state index in [-0.39, 0.29) is 24.0 Å². The molecule has 144 valence electrons. The van der Waals surface area contributed by atoms with Crippen LogP contribution >= 0.6 is 11.3 Å². The zero-order valence-electron chi connectivity index (χ0n) is 13.6. The minimum Gasteiger partial charge on any atom is -0.346 e. The first-order valence-corrected chi connectivity index (χ1v) is 8.34. The number of amides is 1. The van der Waals surface area contributed by atoms with Crippen molar-refractivity contribution in [2.75, 3.05) is 0 Å². The zero-order chi connectivity index (χ0) is 20.0. The van der Waals surface area contributed by atoms with E-state index in [2.05, 4.69) is 10.3 Å². The number of fused-ring (bicyclic) bond motifs is 1. The molecule has 0 unspecified atom stereocenters. The van der Waals surface area contributed by atoms with Crippen LogP contribution in [0.5, 0.6) is 0 Å². The van der Waals surface area contributed by atoms with Gasteiger partial charge in [0.15, 0.2) is 0 Å². The van der Waals surface area contributed by atoms with Crippen molar-refractivity contribution in [3.05, 3.63) is 57.2 Å². The second-order valence-electron chi connectivity index (χ2n) is 5.64. The molecule has 0 saturated carbocycles. The van der Waals surface area contributed by atoms with E-state index in [0.29, 0.717) is 10.6 Å². The SMILES string of the molecule is Cc1c(C(=O)NCc2cccs2)nc2c(C(F)(F)F)cc(C(F)(F)F)cn12. The number of imidazole rings is 1. The van der Waals surface area contributed by atoms with E-state index in [4.69, 9.17) is 0 Å². The van der Waals surface area contributed by atoms with E-state index in [1.54, 1.807) is 17.5 Å². The summed E-state index contributed by atoms with van der Waals surface area (Å²) in [5.41, 5.74) is -4.28. The van der Waals surface area contributed by atoms with Crippen molar-refractivity contribution < 1.29 is 31.1 Å². The van der Waals surface area contributed by atoms with Crippen LogP contribution in [0.1, 0.15) is 32.2 Å². The second-order valence-corrected chi connectivity index (χ2v) is 6.67. The molecule has 0 spiro atoms. The molecule has 1 amide bonds. The van der Waals surface area contributed by atoms with Gasteiger partial charge in [-0.1, -0.05) is 6.07 Å². The number of hydrogen-bond acceptors (Lipinski definition) is 3. The van der Waals surface area contributed by atoms with Crippen molar-refractivity contribution in [1.82, 2.24) is 14.7 Å². The molecule has 4 nitrogen and oxygen atoms in total. The molecule has 0 saturated heterocycles. The zero-order valence-corrected chi connectivity index (χ0v) is 14.4. The molecule has 27 heavy (non-hydrogen) atoms. The van der Waals surface area contributed by atoms with Crippen LogP contribution in [0.2, 0.25) is 0 Å². The second kappa shape index (κ2) is 6.55. The highest BCUT2D eigenvalue weighted by atomic mass is 32.1. The minimum atomic E-state index is -5.06. The number of aryl methyl sites for hydroxylation is 1. The fourth-order valence-electron chi connectivity index (χ4n) is 2.50. The number of carbonyl (C=O) groups excluding carboxylic acids is 1. The van der Waals surface area contributed by atoms with E-state index in [0.717, 1.165) is 4.88 Å². The fraction of sp³-hybridized carbons (Fsp3) is 0.250. The lowest BCUT2D eigenvalue weighted by Crippen LogP contribution is -2.23. The molecule has 3 heterocycles. The Morgan fingerprint density at radius 1 is 1.22 bits per heavy atom. The standard InChI is InChI=1S/C16H11F6N3OS/c1-8-12(14(26)23-6-10-3-2-4-27-10)24-13-11(16(20,21)22)5-9(7-25(8)13)15(17,18)19/h2-5,7H,6H2,1H3,(H,23,26). The number of alkyl halides is 6. The molecule has 1 N–H and O–H groups in total. The van der Waals surface area contributed by atoms with Crippen LogP contribution in [0.4, 0.5) is 26.3 Å². The normalized spacial score (nSPS) is 12.6. The Morgan fingerprint density at radius 2 is 1.93 bits per heavy atom. The van der Waals surface area contributed by atoms with Crippen molar-refractivity contribution in [2.24, 2.45) is 0 Å². The number of aromatic nitrogens is 2. The lowest BCUT2D eigenvalue weighted by molar-refractivity contribution is -0.142. The fourth-order valence-corrected chi connectivity index (χ4v) is 3.15.